The lowest BCUT2D eigenvalue weighted by atomic mass is 10.1. The van der Waals surface area contributed by atoms with Gasteiger partial charge in [-0.3, -0.25) is 4.79 Å². The van der Waals surface area contributed by atoms with Gasteiger partial charge in [-0.1, -0.05) is 12.1 Å². The van der Waals surface area contributed by atoms with E-state index in [0.29, 0.717) is 24.6 Å². The molecule has 1 aromatic heterocycles. The maximum Gasteiger partial charge on any atom is 0.337 e. The minimum Gasteiger partial charge on any atom is -0.479 e. The van der Waals surface area contributed by atoms with Crippen LogP contribution in [0.4, 0.5) is 0 Å². The summed E-state index contributed by atoms with van der Waals surface area (Å²) in [5.41, 5.74) is -1.96. The number of nitrogens with one attached hydrogen (secondary N) is 1. The Morgan fingerprint density at radius 3 is 2.71 bits per heavy atom. The third kappa shape index (κ3) is 5.90. The molecule has 21 heavy (non-hydrogen) atoms. The van der Waals surface area contributed by atoms with Crippen LogP contribution in [0, 0.1) is 0 Å². The molecule has 0 aliphatic heterocycles. The number of aromatic nitrogens is 2. The van der Waals surface area contributed by atoms with Gasteiger partial charge in [-0.25, -0.2) is 4.79 Å². The lowest BCUT2D eigenvalue weighted by Gasteiger charge is -2.18. The molecule has 0 spiro atoms. The molecule has 1 heterocycles. The normalized spacial score (nSPS) is 13.7. The number of aryl methyl sites for hydroxylation is 2. The van der Waals surface area contributed by atoms with Crippen molar-refractivity contribution in [3.05, 3.63) is 11.7 Å². The molecule has 1 aromatic rings. The highest BCUT2D eigenvalue weighted by atomic mass is 16.5. The van der Waals surface area contributed by atoms with E-state index in [2.05, 4.69) is 15.5 Å². The van der Waals surface area contributed by atoms with E-state index in [1.54, 1.807) is 0 Å². The lowest BCUT2D eigenvalue weighted by Crippen LogP contribution is -2.46. The lowest BCUT2D eigenvalue weighted by molar-refractivity contribution is -0.156. The second-order valence-electron chi connectivity index (χ2n) is 5.06. The number of amides is 1. The summed E-state index contributed by atoms with van der Waals surface area (Å²) < 4.78 is 5.03. The zero-order valence-corrected chi connectivity index (χ0v) is 12.3. The van der Waals surface area contributed by atoms with Crippen LogP contribution in [0.3, 0.4) is 0 Å². The van der Waals surface area contributed by atoms with Crippen molar-refractivity contribution >= 4 is 11.9 Å². The molecule has 1 unspecified atom stereocenters. The Morgan fingerprint density at radius 1 is 1.38 bits per heavy atom. The molecule has 118 valence electrons. The zero-order valence-electron chi connectivity index (χ0n) is 12.3. The third-order valence-electron chi connectivity index (χ3n) is 2.87. The van der Waals surface area contributed by atoms with Crippen molar-refractivity contribution < 1.29 is 24.3 Å². The maximum atomic E-state index is 11.5. The minimum atomic E-state index is -1.96. The summed E-state index contributed by atoms with van der Waals surface area (Å²) in [6, 6.07) is 0. The van der Waals surface area contributed by atoms with Gasteiger partial charge < -0.3 is 20.1 Å². The highest BCUT2D eigenvalue weighted by Crippen LogP contribution is 2.05. The quantitative estimate of drug-likeness (QED) is 0.598. The topological polar surface area (TPSA) is 126 Å². The molecule has 0 saturated heterocycles. The van der Waals surface area contributed by atoms with Crippen molar-refractivity contribution in [3.63, 3.8) is 0 Å². The molecular formula is C13H21N3O5. The van der Waals surface area contributed by atoms with E-state index in [0.717, 1.165) is 19.8 Å². The van der Waals surface area contributed by atoms with Crippen LogP contribution in [-0.4, -0.2) is 44.4 Å². The van der Waals surface area contributed by atoms with E-state index in [-0.39, 0.29) is 18.9 Å². The van der Waals surface area contributed by atoms with E-state index in [4.69, 9.17) is 9.63 Å². The van der Waals surface area contributed by atoms with Crippen LogP contribution in [0.2, 0.25) is 0 Å². The standard InChI is InChI=1S/C13H21N3O5/c1-3-5-9-15-11(21-16-9)7-4-6-10(17)14-8-13(2,20)12(18)19/h20H,3-8H2,1-2H3,(H,14,17)(H,18,19). The Labute approximate surface area is 122 Å². The van der Waals surface area contributed by atoms with Gasteiger partial charge in [0.15, 0.2) is 11.4 Å². The molecule has 0 aliphatic carbocycles. The number of carboxylic acids is 1. The number of aliphatic hydroxyl groups is 1. The molecule has 0 radical (unpaired) electrons. The SMILES string of the molecule is CCCc1noc(CCCC(=O)NCC(C)(O)C(=O)O)n1. The molecule has 0 bridgehead atoms. The molecule has 1 amide bonds. The van der Waals surface area contributed by atoms with Gasteiger partial charge in [0.05, 0.1) is 6.54 Å². The number of carbonyl (C=O) groups is 2. The van der Waals surface area contributed by atoms with Crippen molar-refractivity contribution in [2.24, 2.45) is 0 Å². The van der Waals surface area contributed by atoms with Gasteiger partial charge in [-0.05, 0) is 19.8 Å². The fourth-order valence-corrected chi connectivity index (χ4v) is 1.55. The largest absolute Gasteiger partial charge is 0.479 e. The molecule has 1 atom stereocenters. The summed E-state index contributed by atoms with van der Waals surface area (Å²) in [4.78, 5) is 26.4. The molecule has 0 saturated carbocycles. The van der Waals surface area contributed by atoms with E-state index in [9.17, 15) is 14.7 Å². The summed E-state index contributed by atoms with van der Waals surface area (Å²) in [5, 5.41) is 24.3. The van der Waals surface area contributed by atoms with Crippen LogP contribution in [0.5, 0.6) is 0 Å². The van der Waals surface area contributed by atoms with Crippen LogP contribution in [0.15, 0.2) is 4.52 Å². The molecule has 0 aliphatic rings. The van der Waals surface area contributed by atoms with Crippen LogP contribution in [0.1, 0.15) is 44.8 Å². The Hall–Kier alpha value is -1.96. The molecule has 1 rings (SSSR count). The first-order valence-corrected chi connectivity index (χ1v) is 6.89. The zero-order chi connectivity index (χ0) is 15.9. The molecule has 8 heteroatoms. The highest BCUT2D eigenvalue weighted by molar-refractivity contribution is 5.80. The molecular weight excluding hydrogens is 278 g/mol. The second-order valence-corrected chi connectivity index (χ2v) is 5.06. The summed E-state index contributed by atoms with van der Waals surface area (Å²) in [6.07, 6.45) is 2.88. The summed E-state index contributed by atoms with van der Waals surface area (Å²) in [6.45, 7) is 2.82. The van der Waals surface area contributed by atoms with Crippen molar-refractivity contribution in [2.75, 3.05) is 6.54 Å². The second kappa shape index (κ2) is 7.72. The summed E-state index contributed by atoms with van der Waals surface area (Å²) in [5.74, 6) is -0.555. The first-order valence-electron chi connectivity index (χ1n) is 6.89. The Kier molecular flexibility index (Phi) is 6.29. The molecule has 0 aromatic carbocycles. The Balaban J connectivity index is 2.25. The van der Waals surface area contributed by atoms with E-state index >= 15 is 0 Å². The number of hydrogen-bond acceptors (Lipinski definition) is 6. The Bertz CT molecular complexity index is 484. The number of rotatable bonds is 9. The number of aliphatic carboxylic acids is 1. The van der Waals surface area contributed by atoms with Crippen molar-refractivity contribution in [1.82, 2.24) is 15.5 Å². The predicted octanol–water partition coefficient (Wildman–Crippen LogP) is 0.297. The van der Waals surface area contributed by atoms with Gasteiger partial charge in [0.25, 0.3) is 0 Å². The van der Waals surface area contributed by atoms with Gasteiger partial charge in [0.2, 0.25) is 11.8 Å². The monoisotopic (exact) mass is 299 g/mol. The number of carbonyl (C=O) groups excluding carboxylic acids is 1. The maximum absolute atomic E-state index is 11.5. The van der Waals surface area contributed by atoms with E-state index in [1.807, 2.05) is 6.92 Å². The fraction of sp³-hybridized carbons (Fsp3) is 0.692. The van der Waals surface area contributed by atoms with Crippen molar-refractivity contribution in [3.8, 4) is 0 Å². The van der Waals surface area contributed by atoms with Crippen molar-refractivity contribution in [1.29, 1.82) is 0 Å². The van der Waals surface area contributed by atoms with Gasteiger partial charge in [0.1, 0.15) is 0 Å². The first kappa shape index (κ1) is 17.1. The predicted molar refractivity (Wildman–Crippen MR) is 72.5 cm³/mol. The van der Waals surface area contributed by atoms with Crippen LogP contribution in [0.25, 0.3) is 0 Å². The molecule has 3 N–H and O–H groups in total. The smallest absolute Gasteiger partial charge is 0.337 e. The Morgan fingerprint density at radius 2 is 2.10 bits per heavy atom. The molecule has 8 nitrogen and oxygen atoms in total. The summed E-state index contributed by atoms with van der Waals surface area (Å²) >= 11 is 0. The first-order chi connectivity index (χ1) is 9.85. The third-order valence-corrected chi connectivity index (χ3v) is 2.87. The average molecular weight is 299 g/mol. The van der Waals surface area contributed by atoms with Gasteiger partial charge in [-0.15, -0.1) is 0 Å². The van der Waals surface area contributed by atoms with Gasteiger partial charge in [0, 0.05) is 19.3 Å². The van der Waals surface area contributed by atoms with Gasteiger partial charge >= 0.3 is 5.97 Å². The summed E-state index contributed by atoms with van der Waals surface area (Å²) in [7, 11) is 0. The van der Waals surface area contributed by atoms with Crippen LogP contribution < -0.4 is 5.32 Å². The van der Waals surface area contributed by atoms with Crippen LogP contribution >= 0.6 is 0 Å². The van der Waals surface area contributed by atoms with Crippen molar-refractivity contribution in [2.45, 2.75) is 51.6 Å². The fourth-order valence-electron chi connectivity index (χ4n) is 1.55. The van der Waals surface area contributed by atoms with E-state index < -0.39 is 11.6 Å². The highest BCUT2D eigenvalue weighted by Gasteiger charge is 2.30. The number of nitrogens with zero attached hydrogens (tertiary/aromatic N) is 2. The average Bonchev–Trinajstić information content (AvgIpc) is 2.84. The van der Waals surface area contributed by atoms with E-state index in [1.165, 1.54) is 0 Å². The molecule has 0 fully saturated rings. The number of hydrogen-bond donors (Lipinski definition) is 3. The van der Waals surface area contributed by atoms with Crippen LogP contribution in [-0.2, 0) is 22.4 Å². The number of carboxylic acid groups (broad SMARTS) is 1. The van der Waals surface area contributed by atoms with Gasteiger partial charge in [-0.2, -0.15) is 4.98 Å². The minimum absolute atomic E-state index is 0.196.